The van der Waals surface area contributed by atoms with Crippen LogP contribution in [0, 0.1) is 13.8 Å². The number of aliphatic carboxylic acids is 1. The number of aryl methyl sites for hydroxylation is 1. The first-order valence-corrected chi connectivity index (χ1v) is 8.27. The van der Waals surface area contributed by atoms with E-state index in [-0.39, 0.29) is 12.2 Å². The van der Waals surface area contributed by atoms with Crippen LogP contribution in [0.15, 0.2) is 36.0 Å². The van der Waals surface area contributed by atoms with Gasteiger partial charge in [-0.25, -0.2) is 14.6 Å². The van der Waals surface area contributed by atoms with Crippen molar-refractivity contribution in [1.82, 2.24) is 9.55 Å². The molecule has 0 spiro atoms. The highest BCUT2D eigenvalue weighted by Crippen LogP contribution is 2.25. The normalized spacial score (nSPS) is 11.1. The van der Waals surface area contributed by atoms with Crippen LogP contribution in [0.5, 0.6) is 0 Å². The number of hydrogen-bond donors (Lipinski definition) is 2. The predicted molar refractivity (Wildman–Crippen MR) is 101 cm³/mol. The van der Waals surface area contributed by atoms with Gasteiger partial charge in [-0.15, -0.1) is 0 Å². The second kappa shape index (κ2) is 8.85. The number of ether oxygens (including phenoxy) is 2. The molecule has 2 N–H and O–H groups in total. The van der Waals surface area contributed by atoms with Crippen molar-refractivity contribution in [3.8, 4) is 11.4 Å². The Morgan fingerprint density at radius 2 is 1.93 bits per heavy atom. The molecule has 0 bridgehead atoms. The Balaban J connectivity index is 2.43. The zero-order valence-electron chi connectivity index (χ0n) is 16.0. The van der Waals surface area contributed by atoms with Gasteiger partial charge in [-0.1, -0.05) is 12.1 Å². The zero-order chi connectivity index (χ0) is 20.8. The van der Waals surface area contributed by atoms with E-state index in [2.05, 4.69) is 19.8 Å². The summed E-state index contributed by atoms with van der Waals surface area (Å²) in [5.41, 5.74) is 2.49. The van der Waals surface area contributed by atoms with Crippen LogP contribution in [0.3, 0.4) is 0 Å². The van der Waals surface area contributed by atoms with Crippen LogP contribution < -0.4 is 5.32 Å². The second-order valence-corrected chi connectivity index (χ2v) is 5.86. The second-order valence-electron chi connectivity index (χ2n) is 5.86. The van der Waals surface area contributed by atoms with Gasteiger partial charge in [0.2, 0.25) is 0 Å². The van der Waals surface area contributed by atoms with Crippen molar-refractivity contribution in [3.05, 3.63) is 47.4 Å². The van der Waals surface area contributed by atoms with E-state index >= 15 is 0 Å². The molecular weight excluding hydrogens is 366 g/mol. The van der Waals surface area contributed by atoms with E-state index in [4.69, 9.17) is 0 Å². The minimum absolute atomic E-state index is 0.104. The third-order valence-electron chi connectivity index (χ3n) is 4.02. The van der Waals surface area contributed by atoms with Crippen LogP contribution in [0.2, 0.25) is 0 Å². The van der Waals surface area contributed by atoms with E-state index < -0.39 is 17.9 Å². The first-order valence-electron chi connectivity index (χ1n) is 8.27. The first-order chi connectivity index (χ1) is 13.3. The number of anilines is 1. The molecule has 0 saturated carbocycles. The number of nitrogens with zero attached hydrogens (tertiary/aromatic N) is 2. The highest BCUT2D eigenvalue weighted by Gasteiger charge is 2.17. The minimum Gasteiger partial charge on any atom is -0.480 e. The van der Waals surface area contributed by atoms with Crippen molar-refractivity contribution in [2.75, 3.05) is 19.5 Å². The number of methoxy groups -OCH3 is 2. The van der Waals surface area contributed by atoms with Crippen molar-refractivity contribution in [3.63, 3.8) is 0 Å². The number of rotatable bonds is 7. The van der Waals surface area contributed by atoms with Crippen LogP contribution in [-0.4, -0.2) is 46.8 Å². The van der Waals surface area contributed by atoms with Crippen LogP contribution in [0.1, 0.15) is 11.4 Å². The summed E-state index contributed by atoms with van der Waals surface area (Å²) in [5.74, 6) is -1.95. The molecule has 0 radical (unpaired) electrons. The van der Waals surface area contributed by atoms with E-state index in [1.165, 1.54) is 14.2 Å². The Morgan fingerprint density at radius 1 is 1.21 bits per heavy atom. The predicted octanol–water partition coefficient (Wildman–Crippen LogP) is 1.89. The van der Waals surface area contributed by atoms with Crippen LogP contribution >= 0.6 is 0 Å². The molecular formula is C19H21N3O6. The number of carbonyl (C=O) groups is 3. The lowest BCUT2D eigenvalue weighted by Gasteiger charge is -2.11. The van der Waals surface area contributed by atoms with Crippen molar-refractivity contribution in [2.45, 2.75) is 20.4 Å². The number of aromatic nitrogens is 2. The summed E-state index contributed by atoms with van der Waals surface area (Å²) in [6, 6.07) is 6.86. The molecule has 0 atom stereocenters. The number of hydrogen-bond acceptors (Lipinski definition) is 7. The van der Waals surface area contributed by atoms with Crippen molar-refractivity contribution < 1.29 is 29.0 Å². The van der Waals surface area contributed by atoms with E-state index in [1.807, 2.05) is 0 Å². The maximum absolute atomic E-state index is 11.9. The Labute approximate surface area is 161 Å². The standard InChI is InChI=1S/C19H21N3O6/c1-11-12(2)22(10-16(23)24)18(20-11)13-6-5-7-14(8-13)21-15(19(26)28-4)9-17(25)27-3/h5-9,21H,10H2,1-4H3,(H,23,24)/b15-9+. The van der Waals surface area contributed by atoms with E-state index in [9.17, 15) is 19.5 Å². The fourth-order valence-corrected chi connectivity index (χ4v) is 2.53. The number of nitrogens with one attached hydrogen (secondary N) is 1. The lowest BCUT2D eigenvalue weighted by atomic mass is 10.1. The monoisotopic (exact) mass is 387 g/mol. The van der Waals surface area contributed by atoms with Gasteiger partial charge >= 0.3 is 17.9 Å². The first kappa shape index (κ1) is 20.7. The Kier molecular flexibility index (Phi) is 6.54. The number of carboxylic acids is 1. The van der Waals surface area contributed by atoms with Crippen molar-refractivity contribution in [2.24, 2.45) is 0 Å². The summed E-state index contributed by atoms with van der Waals surface area (Å²) in [6.45, 7) is 3.37. The fourth-order valence-electron chi connectivity index (χ4n) is 2.53. The van der Waals surface area contributed by atoms with Gasteiger partial charge in [0.1, 0.15) is 18.1 Å². The van der Waals surface area contributed by atoms with E-state index in [0.29, 0.717) is 17.1 Å². The van der Waals surface area contributed by atoms with Gasteiger partial charge in [-0.2, -0.15) is 0 Å². The Morgan fingerprint density at radius 3 is 2.54 bits per heavy atom. The van der Waals surface area contributed by atoms with E-state index in [1.54, 1.807) is 42.7 Å². The molecule has 1 aromatic carbocycles. The van der Waals surface area contributed by atoms with Crippen LogP contribution in [0.4, 0.5) is 5.69 Å². The molecule has 9 nitrogen and oxygen atoms in total. The smallest absolute Gasteiger partial charge is 0.354 e. The summed E-state index contributed by atoms with van der Waals surface area (Å²) >= 11 is 0. The third kappa shape index (κ3) is 4.76. The third-order valence-corrected chi connectivity index (χ3v) is 4.02. The minimum atomic E-state index is -0.981. The molecule has 0 aliphatic heterocycles. The molecule has 148 valence electrons. The summed E-state index contributed by atoms with van der Waals surface area (Å²) in [5, 5.41) is 12.0. The van der Waals surface area contributed by atoms with Gasteiger partial charge in [0, 0.05) is 16.9 Å². The van der Waals surface area contributed by atoms with Crippen LogP contribution in [0.25, 0.3) is 11.4 Å². The number of carbonyl (C=O) groups excluding carboxylic acids is 2. The maximum Gasteiger partial charge on any atom is 0.354 e. The summed E-state index contributed by atoms with van der Waals surface area (Å²) in [7, 11) is 2.39. The zero-order valence-corrected chi connectivity index (χ0v) is 16.0. The molecule has 28 heavy (non-hydrogen) atoms. The number of benzene rings is 1. The molecule has 1 heterocycles. The quantitative estimate of drug-likeness (QED) is 0.546. The molecule has 0 unspecified atom stereocenters. The van der Waals surface area contributed by atoms with Gasteiger partial charge in [0.25, 0.3) is 0 Å². The highest BCUT2D eigenvalue weighted by molar-refractivity contribution is 5.98. The van der Waals surface area contributed by atoms with E-state index in [0.717, 1.165) is 17.5 Å². The average molecular weight is 387 g/mol. The van der Waals surface area contributed by atoms with Crippen LogP contribution in [-0.2, 0) is 30.4 Å². The Bertz CT molecular complexity index is 945. The SMILES string of the molecule is COC(=O)/C=C(/Nc1cccc(-c2nc(C)c(C)n2CC(=O)O)c1)C(=O)OC. The Hall–Kier alpha value is -3.62. The topological polar surface area (TPSA) is 120 Å². The summed E-state index contributed by atoms with van der Waals surface area (Å²) < 4.78 is 10.8. The van der Waals surface area contributed by atoms with Gasteiger partial charge in [0.05, 0.1) is 26.0 Å². The highest BCUT2D eigenvalue weighted by atomic mass is 16.5. The number of imidazole rings is 1. The number of esters is 2. The molecule has 0 aliphatic carbocycles. The molecule has 0 fully saturated rings. The molecule has 2 rings (SSSR count). The molecule has 0 saturated heterocycles. The van der Waals surface area contributed by atoms with Gasteiger partial charge in [-0.05, 0) is 26.0 Å². The average Bonchev–Trinajstić information content (AvgIpc) is 2.94. The fraction of sp³-hybridized carbons (Fsp3) is 0.263. The van der Waals surface area contributed by atoms with Gasteiger partial charge in [0.15, 0.2) is 0 Å². The molecule has 1 aromatic heterocycles. The lowest BCUT2D eigenvalue weighted by molar-refractivity contribution is -0.138. The summed E-state index contributed by atoms with van der Waals surface area (Å²) in [6.07, 6.45) is 0.984. The largest absolute Gasteiger partial charge is 0.480 e. The molecule has 9 heteroatoms. The molecule has 0 aliphatic rings. The van der Waals surface area contributed by atoms with Crippen molar-refractivity contribution in [1.29, 1.82) is 0 Å². The maximum atomic E-state index is 11.9. The number of carboxylic acid groups (broad SMARTS) is 1. The van der Waals surface area contributed by atoms with Gasteiger partial charge in [-0.3, -0.25) is 4.79 Å². The van der Waals surface area contributed by atoms with Gasteiger partial charge < -0.3 is 24.5 Å². The molecule has 0 amide bonds. The van der Waals surface area contributed by atoms with Crippen molar-refractivity contribution >= 4 is 23.6 Å². The lowest BCUT2D eigenvalue weighted by Crippen LogP contribution is -2.15. The summed E-state index contributed by atoms with van der Waals surface area (Å²) in [4.78, 5) is 39.1. The molecule has 2 aromatic rings.